The first-order valence-electron chi connectivity index (χ1n) is 11.3. The van der Waals surface area contributed by atoms with Crippen LogP contribution in [-0.4, -0.2) is 28.7 Å². The van der Waals surface area contributed by atoms with Crippen molar-refractivity contribution in [2.75, 3.05) is 17.6 Å². The van der Waals surface area contributed by atoms with Gasteiger partial charge in [0.25, 0.3) is 5.91 Å². The van der Waals surface area contributed by atoms with Crippen molar-refractivity contribution in [3.63, 3.8) is 0 Å². The van der Waals surface area contributed by atoms with E-state index in [2.05, 4.69) is 10.6 Å². The van der Waals surface area contributed by atoms with Crippen LogP contribution in [0.15, 0.2) is 77.8 Å². The average Bonchev–Trinajstić information content (AvgIpc) is 3.21. The normalized spacial score (nSPS) is 11.5. The first-order valence-corrected chi connectivity index (χ1v) is 12.7. The first-order chi connectivity index (χ1) is 17.6. The highest BCUT2D eigenvalue weighted by molar-refractivity contribution is 8.00. The maximum Gasteiger partial charge on any atom is 0.416 e. The molecule has 5 nitrogen and oxygen atoms in total. The number of rotatable bonds is 8. The van der Waals surface area contributed by atoms with Gasteiger partial charge in [0.2, 0.25) is 5.91 Å². The van der Waals surface area contributed by atoms with Crippen LogP contribution >= 0.6 is 23.4 Å². The number of aromatic nitrogens is 1. The molecular weight excluding hydrogens is 523 g/mol. The minimum Gasteiger partial charge on any atom is -0.350 e. The van der Waals surface area contributed by atoms with E-state index in [1.165, 1.54) is 11.8 Å². The molecule has 2 amide bonds. The number of carbonyl (C=O) groups excluding carboxylic acids is 2. The Morgan fingerprint density at radius 3 is 2.49 bits per heavy atom. The fraction of sp³-hybridized carbons (Fsp3) is 0.185. The predicted molar refractivity (Wildman–Crippen MR) is 141 cm³/mol. The molecule has 0 atom stereocenters. The topological polar surface area (TPSA) is 63.1 Å². The number of hydrogen-bond acceptors (Lipinski definition) is 3. The lowest BCUT2D eigenvalue weighted by molar-refractivity contribution is -0.137. The van der Waals surface area contributed by atoms with E-state index < -0.39 is 17.6 Å². The summed E-state index contributed by atoms with van der Waals surface area (Å²) in [7, 11) is 0. The van der Waals surface area contributed by atoms with Crippen LogP contribution in [0.5, 0.6) is 0 Å². The van der Waals surface area contributed by atoms with Crippen LogP contribution in [0, 0.1) is 6.92 Å². The lowest BCUT2D eigenvalue weighted by Gasteiger charge is -2.11. The van der Waals surface area contributed by atoms with Crippen LogP contribution in [-0.2, 0) is 17.5 Å². The molecule has 0 saturated carbocycles. The number of alkyl halides is 3. The maximum atomic E-state index is 13.0. The summed E-state index contributed by atoms with van der Waals surface area (Å²) < 4.78 is 41.0. The minimum absolute atomic E-state index is 0.0231. The van der Waals surface area contributed by atoms with Crippen LogP contribution in [0.1, 0.15) is 21.5 Å². The van der Waals surface area contributed by atoms with Crippen molar-refractivity contribution in [1.82, 2.24) is 9.88 Å². The number of anilines is 1. The molecule has 2 N–H and O–H groups in total. The van der Waals surface area contributed by atoms with E-state index in [0.29, 0.717) is 18.7 Å². The number of benzene rings is 3. The lowest BCUT2D eigenvalue weighted by Crippen LogP contribution is -2.27. The van der Waals surface area contributed by atoms with E-state index in [1.54, 1.807) is 12.1 Å². The summed E-state index contributed by atoms with van der Waals surface area (Å²) in [5.74, 6) is -0.658. The SMILES string of the molecule is Cc1ccc(C(=O)NCCn2cc(SCC(=O)Nc3cc(C(F)(F)F)ccc3Cl)c3ccccc32)cc1. The Hall–Kier alpha value is -3.43. The van der Waals surface area contributed by atoms with Crippen molar-refractivity contribution in [3.8, 4) is 0 Å². The molecule has 0 fully saturated rings. The van der Waals surface area contributed by atoms with Gasteiger partial charge >= 0.3 is 6.18 Å². The first kappa shape index (κ1) is 26.6. The Morgan fingerprint density at radius 2 is 1.76 bits per heavy atom. The lowest BCUT2D eigenvalue weighted by atomic mass is 10.1. The molecule has 0 unspecified atom stereocenters. The molecule has 4 aromatic rings. The number of nitrogens with one attached hydrogen (secondary N) is 2. The average molecular weight is 546 g/mol. The summed E-state index contributed by atoms with van der Waals surface area (Å²) in [6, 6.07) is 17.8. The Bertz CT molecular complexity index is 1440. The van der Waals surface area contributed by atoms with Crippen LogP contribution in [0.2, 0.25) is 5.02 Å². The Labute approximate surface area is 221 Å². The molecule has 1 heterocycles. The minimum atomic E-state index is -4.54. The molecule has 4 rings (SSSR count). The van der Waals surface area contributed by atoms with E-state index in [0.717, 1.165) is 39.6 Å². The number of halogens is 4. The fourth-order valence-electron chi connectivity index (χ4n) is 3.74. The number of aryl methyl sites for hydroxylation is 1. The van der Waals surface area contributed by atoms with Crippen LogP contribution < -0.4 is 10.6 Å². The van der Waals surface area contributed by atoms with Crippen molar-refractivity contribution in [1.29, 1.82) is 0 Å². The van der Waals surface area contributed by atoms with Gasteiger partial charge in [0.15, 0.2) is 0 Å². The van der Waals surface area contributed by atoms with Crippen LogP contribution in [0.25, 0.3) is 10.9 Å². The van der Waals surface area contributed by atoms with Gasteiger partial charge in [0.1, 0.15) is 0 Å². The second-order valence-corrected chi connectivity index (χ2v) is 9.78. The molecule has 0 aliphatic heterocycles. The van der Waals surface area contributed by atoms with E-state index in [1.807, 2.05) is 54.1 Å². The number of amides is 2. The van der Waals surface area contributed by atoms with E-state index in [4.69, 9.17) is 11.6 Å². The summed E-state index contributed by atoms with van der Waals surface area (Å²) >= 11 is 7.25. The van der Waals surface area contributed by atoms with Gasteiger partial charge in [-0.05, 0) is 43.3 Å². The molecule has 192 valence electrons. The van der Waals surface area contributed by atoms with Crippen LogP contribution in [0.4, 0.5) is 18.9 Å². The van der Waals surface area contributed by atoms with Crippen molar-refractivity contribution in [2.24, 2.45) is 0 Å². The van der Waals surface area contributed by atoms with Gasteiger partial charge in [-0.15, -0.1) is 11.8 Å². The molecular formula is C27H23ClF3N3O2S. The van der Waals surface area contributed by atoms with Gasteiger partial charge in [-0.25, -0.2) is 0 Å². The zero-order chi connectivity index (χ0) is 26.6. The number of carbonyl (C=O) groups is 2. The summed E-state index contributed by atoms with van der Waals surface area (Å²) in [5, 5.41) is 6.34. The number of hydrogen-bond donors (Lipinski definition) is 2. The Balaban J connectivity index is 1.40. The molecule has 0 bridgehead atoms. The molecule has 0 radical (unpaired) electrons. The van der Waals surface area contributed by atoms with E-state index in [9.17, 15) is 22.8 Å². The number of nitrogens with zero attached hydrogens (tertiary/aromatic N) is 1. The molecule has 1 aromatic heterocycles. The van der Waals surface area contributed by atoms with Crippen molar-refractivity contribution < 1.29 is 22.8 Å². The van der Waals surface area contributed by atoms with E-state index in [-0.39, 0.29) is 22.4 Å². The molecule has 10 heteroatoms. The van der Waals surface area contributed by atoms with Gasteiger partial charge < -0.3 is 15.2 Å². The zero-order valence-electron chi connectivity index (χ0n) is 19.7. The Morgan fingerprint density at radius 1 is 1.03 bits per heavy atom. The zero-order valence-corrected chi connectivity index (χ0v) is 21.3. The summed E-state index contributed by atoms with van der Waals surface area (Å²) in [6.07, 6.45) is -2.64. The monoisotopic (exact) mass is 545 g/mol. The molecule has 0 saturated heterocycles. The summed E-state index contributed by atoms with van der Waals surface area (Å²) in [5.41, 5.74) is 1.63. The number of fused-ring (bicyclic) bond motifs is 1. The third-order valence-electron chi connectivity index (χ3n) is 5.63. The van der Waals surface area contributed by atoms with Crippen molar-refractivity contribution in [3.05, 3.63) is 94.6 Å². The Kier molecular flexibility index (Phi) is 8.14. The van der Waals surface area contributed by atoms with Gasteiger partial charge in [0.05, 0.1) is 22.0 Å². The summed E-state index contributed by atoms with van der Waals surface area (Å²) in [6.45, 7) is 2.88. The van der Waals surface area contributed by atoms with Gasteiger partial charge in [0, 0.05) is 40.6 Å². The van der Waals surface area contributed by atoms with Gasteiger partial charge in [-0.3, -0.25) is 9.59 Å². The standard InChI is InChI=1S/C27H23ClF3N3O2S/c1-17-6-8-18(9-7-17)26(36)32-12-13-34-15-24(20-4-2-3-5-23(20)34)37-16-25(35)33-22-14-19(27(29,30)31)10-11-21(22)28/h2-11,14-15H,12-13,16H2,1H3,(H,32,36)(H,33,35). The highest BCUT2D eigenvalue weighted by Crippen LogP contribution is 2.34. The van der Waals surface area contributed by atoms with Crippen molar-refractivity contribution >= 4 is 51.8 Å². The third kappa shape index (κ3) is 6.67. The molecule has 37 heavy (non-hydrogen) atoms. The molecule has 0 aliphatic carbocycles. The number of para-hydroxylation sites is 1. The maximum absolute atomic E-state index is 13.0. The highest BCUT2D eigenvalue weighted by atomic mass is 35.5. The summed E-state index contributed by atoms with van der Waals surface area (Å²) in [4.78, 5) is 25.8. The van der Waals surface area contributed by atoms with E-state index >= 15 is 0 Å². The van der Waals surface area contributed by atoms with Crippen molar-refractivity contribution in [2.45, 2.75) is 24.5 Å². The molecule has 0 aliphatic rings. The second kappa shape index (κ2) is 11.3. The third-order valence-corrected chi connectivity index (χ3v) is 7.00. The van der Waals surface area contributed by atoms with Crippen LogP contribution in [0.3, 0.4) is 0 Å². The highest BCUT2D eigenvalue weighted by Gasteiger charge is 2.31. The quantitative estimate of drug-likeness (QED) is 0.240. The fourth-order valence-corrected chi connectivity index (χ4v) is 4.79. The second-order valence-electron chi connectivity index (χ2n) is 8.36. The predicted octanol–water partition coefficient (Wildman–Crippen LogP) is 6.78. The van der Waals surface area contributed by atoms with Gasteiger partial charge in [-0.2, -0.15) is 13.2 Å². The smallest absolute Gasteiger partial charge is 0.350 e. The molecule has 0 spiro atoms. The molecule has 3 aromatic carbocycles. The largest absolute Gasteiger partial charge is 0.416 e. The number of thioether (sulfide) groups is 1. The van der Waals surface area contributed by atoms with Gasteiger partial charge in [-0.1, -0.05) is 47.5 Å².